The fourth-order valence-corrected chi connectivity index (χ4v) is 1.18. The lowest BCUT2D eigenvalue weighted by molar-refractivity contribution is -0.147. The van der Waals surface area contributed by atoms with Crippen molar-refractivity contribution in [1.29, 1.82) is 0 Å². The molecule has 84 valence electrons. The molecule has 0 saturated carbocycles. The maximum Gasteiger partial charge on any atom is 0.334 e. The fraction of sp³-hybridized carbons (Fsp3) is 0.300. The summed E-state index contributed by atoms with van der Waals surface area (Å²) in [6, 6.07) is 8.46. The van der Waals surface area contributed by atoms with Gasteiger partial charge < -0.3 is 15.9 Å². The number of carboxylic acids is 1. The van der Waals surface area contributed by atoms with Crippen LogP contribution in [0.2, 0.25) is 0 Å². The zero-order valence-electron chi connectivity index (χ0n) is 8.04. The minimum Gasteiger partial charge on any atom is -0.479 e. The minimum atomic E-state index is -1.50. The largest absolute Gasteiger partial charge is 0.479 e. The summed E-state index contributed by atoms with van der Waals surface area (Å²) in [6.07, 6.45) is -1.15. The Morgan fingerprint density at radius 2 is 1.87 bits per heavy atom. The first-order valence-electron chi connectivity index (χ1n) is 4.31. The van der Waals surface area contributed by atoms with Crippen molar-refractivity contribution in [1.82, 2.24) is 0 Å². The second kappa shape index (κ2) is 6.40. The summed E-state index contributed by atoms with van der Waals surface area (Å²) < 4.78 is 0. The van der Waals surface area contributed by atoms with Gasteiger partial charge in [0.25, 0.3) is 0 Å². The highest BCUT2D eigenvalue weighted by atomic mass is 35.5. The Kier molecular flexibility index (Phi) is 5.93. The third-order valence-corrected chi connectivity index (χ3v) is 1.97. The topological polar surface area (TPSA) is 83.5 Å². The van der Waals surface area contributed by atoms with Crippen LogP contribution in [0, 0.1) is 0 Å². The number of benzene rings is 1. The quantitative estimate of drug-likeness (QED) is 0.702. The summed E-state index contributed by atoms with van der Waals surface area (Å²) in [5.41, 5.74) is 6.44. The van der Waals surface area contributed by atoms with E-state index in [1.165, 1.54) is 0 Å². The lowest BCUT2D eigenvalue weighted by Gasteiger charge is -2.14. The first-order chi connectivity index (χ1) is 6.61. The summed E-state index contributed by atoms with van der Waals surface area (Å²) in [6.45, 7) is 0. The van der Waals surface area contributed by atoms with E-state index in [0.717, 1.165) is 5.56 Å². The van der Waals surface area contributed by atoms with Gasteiger partial charge in [-0.05, 0) is 12.0 Å². The highest BCUT2D eigenvalue weighted by Crippen LogP contribution is 2.04. The zero-order valence-corrected chi connectivity index (χ0v) is 8.85. The Bertz CT molecular complexity index is 305. The number of aliphatic hydroxyl groups is 1. The lowest BCUT2D eigenvalue weighted by Crippen LogP contribution is -2.41. The predicted octanol–water partition coefficient (Wildman–Crippen LogP) is 0.424. The molecule has 4 nitrogen and oxygen atoms in total. The third kappa shape index (κ3) is 4.29. The van der Waals surface area contributed by atoms with E-state index in [9.17, 15) is 4.79 Å². The van der Waals surface area contributed by atoms with Gasteiger partial charge in [-0.2, -0.15) is 0 Å². The molecule has 0 bridgehead atoms. The minimum absolute atomic E-state index is 0. The van der Waals surface area contributed by atoms with Crippen LogP contribution in [0.1, 0.15) is 5.56 Å². The summed E-state index contributed by atoms with van der Waals surface area (Å²) in [7, 11) is 0. The summed E-state index contributed by atoms with van der Waals surface area (Å²) in [5.74, 6) is -1.28. The van der Waals surface area contributed by atoms with Crippen LogP contribution in [0.3, 0.4) is 0 Å². The number of carbonyl (C=O) groups is 1. The Hall–Kier alpha value is -1.10. The highest BCUT2D eigenvalue weighted by Gasteiger charge is 2.21. The fourth-order valence-electron chi connectivity index (χ4n) is 1.18. The van der Waals surface area contributed by atoms with Crippen molar-refractivity contribution in [3.8, 4) is 0 Å². The Balaban J connectivity index is 0.00000196. The summed E-state index contributed by atoms with van der Waals surface area (Å²) in [4.78, 5) is 10.4. The van der Waals surface area contributed by atoms with Crippen molar-refractivity contribution < 1.29 is 15.0 Å². The van der Waals surface area contributed by atoms with Gasteiger partial charge >= 0.3 is 5.97 Å². The Labute approximate surface area is 94.1 Å². The molecule has 4 N–H and O–H groups in total. The van der Waals surface area contributed by atoms with E-state index in [-0.39, 0.29) is 12.4 Å². The second-order valence-electron chi connectivity index (χ2n) is 3.14. The van der Waals surface area contributed by atoms with E-state index in [2.05, 4.69) is 0 Å². The van der Waals surface area contributed by atoms with E-state index in [1.807, 2.05) is 30.3 Å². The molecule has 0 aromatic heterocycles. The maximum absolute atomic E-state index is 10.4. The zero-order chi connectivity index (χ0) is 10.6. The number of aliphatic hydroxyl groups excluding tert-OH is 1. The van der Waals surface area contributed by atoms with Gasteiger partial charge in [0.2, 0.25) is 0 Å². The molecule has 0 aliphatic heterocycles. The van der Waals surface area contributed by atoms with Crippen LogP contribution in [-0.4, -0.2) is 28.3 Å². The number of hydrogen-bond acceptors (Lipinski definition) is 3. The Morgan fingerprint density at radius 3 is 2.33 bits per heavy atom. The molecule has 2 atom stereocenters. The van der Waals surface area contributed by atoms with Gasteiger partial charge in [-0.1, -0.05) is 30.3 Å². The number of hydrogen-bond donors (Lipinski definition) is 3. The molecule has 0 heterocycles. The van der Waals surface area contributed by atoms with Gasteiger partial charge in [0.1, 0.15) is 0 Å². The summed E-state index contributed by atoms with van der Waals surface area (Å²) >= 11 is 0. The van der Waals surface area contributed by atoms with Crippen molar-refractivity contribution in [3.05, 3.63) is 35.9 Å². The SMILES string of the molecule is Cl.N[C@@H](Cc1ccccc1)[C@H](O)C(=O)O. The van der Waals surface area contributed by atoms with E-state index >= 15 is 0 Å². The van der Waals surface area contributed by atoms with Gasteiger partial charge in [-0.3, -0.25) is 0 Å². The van der Waals surface area contributed by atoms with E-state index < -0.39 is 18.1 Å². The van der Waals surface area contributed by atoms with Crippen molar-refractivity contribution in [3.63, 3.8) is 0 Å². The maximum atomic E-state index is 10.4. The molecule has 1 rings (SSSR count). The van der Waals surface area contributed by atoms with Crippen LogP contribution < -0.4 is 5.73 Å². The van der Waals surface area contributed by atoms with E-state index in [1.54, 1.807) is 0 Å². The van der Waals surface area contributed by atoms with Gasteiger partial charge in [0.15, 0.2) is 6.10 Å². The number of halogens is 1. The van der Waals surface area contributed by atoms with Crippen LogP contribution in [0.15, 0.2) is 30.3 Å². The number of carboxylic acid groups (broad SMARTS) is 1. The van der Waals surface area contributed by atoms with Gasteiger partial charge in [0.05, 0.1) is 0 Å². The molecule has 15 heavy (non-hydrogen) atoms. The molecule has 0 unspecified atom stereocenters. The smallest absolute Gasteiger partial charge is 0.334 e. The predicted molar refractivity (Wildman–Crippen MR) is 59.0 cm³/mol. The molecule has 1 aromatic rings. The first-order valence-corrected chi connectivity index (χ1v) is 4.31. The van der Waals surface area contributed by atoms with Crippen LogP contribution in [0.4, 0.5) is 0 Å². The molecular weight excluding hydrogens is 218 g/mol. The van der Waals surface area contributed by atoms with E-state index in [4.69, 9.17) is 15.9 Å². The van der Waals surface area contributed by atoms with Crippen LogP contribution in [-0.2, 0) is 11.2 Å². The van der Waals surface area contributed by atoms with Gasteiger partial charge in [-0.15, -0.1) is 12.4 Å². The van der Waals surface area contributed by atoms with Gasteiger partial charge in [-0.25, -0.2) is 4.79 Å². The number of aliphatic carboxylic acids is 1. The molecule has 0 aliphatic rings. The van der Waals surface area contributed by atoms with E-state index in [0.29, 0.717) is 6.42 Å². The van der Waals surface area contributed by atoms with Crippen molar-refractivity contribution in [2.24, 2.45) is 5.73 Å². The average Bonchev–Trinajstić information content (AvgIpc) is 2.18. The molecule has 0 amide bonds. The first kappa shape index (κ1) is 13.9. The van der Waals surface area contributed by atoms with Crippen LogP contribution in [0.25, 0.3) is 0 Å². The van der Waals surface area contributed by atoms with Crippen molar-refractivity contribution >= 4 is 18.4 Å². The standard InChI is InChI=1S/C10H13NO3.ClH/c11-8(9(12)10(13)14)6-7-4-2-1-3-5-7;/h1-5,8-9,12H,6,11H2,(H,13,14);1H/t8-,9-;/m0./s1. The van der Waals surface area contributed by atoms with Gasteiger partial charge in [0, 0.05) is 6.04 Å². The van der Waals surface area contributed by atoms with Crippen molar-refractivity contribution in [2.45, 2.75) is 18.6 Å². The number of rotatable bonds is 4. The molecule has 0 radical (unpaired) electrons. The molecule has 0 fully saturated rings. The average molecular weight is 232 g/mol. The molecule has 0 aliphatic carbocycles. The van der Waals surface area contributed by atoms with Crippen LogP contribution >= 0.6 is 12.4 Å². The number of nitrogens with two attached hydrogens (primary N) is 1. The highest BCUT2D eigenvalue weighted by molar-refractivity contribution is 5.85. The summed E-state index contributed by atoms with van der Waals surface area (Å²) in [5, 5.41) is 17.6. The molecule has 5 heteroatoms. The van der Waals surface area contributed by atoms with Crippen molar-refractivity contribution in [2.75, 3.05) is 0 Å². The van der Waals surface area contributed by atoms with Crippen LogP contribution in [0.5, 0.6) is 0 Å². The molecule has 0 saturated heterocycles. The molecule has 1 aromatic carbocycles. The lowest BCUT2D eigenvalue weighted by atomic mass is 10.0. The molecular formula is C10H14ClNO3. The molecule has 0 spiro atoms. The monoisotopic (exact) mass is 231 g/mol. The second-order valence-corrected chi connectivity index (χ2v) is 3.14. The third-order valence-electron chi connectivity index (χ3n) is 1.97. The normalized spacial score (nSPS) is 13.7. The Morgan fingerprint density at radius 1 is 1.33 bits per heavy atom.